The van der Waals surface area contributed by atoms with Gasteiger partial charge in [-0.2, -0.15) is 13.2 Å². The highest BCUT2D eigenvalue weighted by Crippen LogP contribution is 2.27. The van der Waals surface area contributed by atoms with Gasteiger partial charge in [-0.1, -0.05) is 6.92 Å². The van der Waals surface area contributed by atoms with Crippen molar-refractivity contribution in [2.24, 2.45) is 0 Å². The maximum Gasteiger partial charge on any atom is 0.421 e. The van der Waals surface area contributed by atoms with Crippen molar-refractivity contribution >= 4 is 11.8 Å². The number of alkyl halides is 3. The van der Waals surface area contributed by atoms with Crippen LogP contribution in [0, 0.1) is 0 Å². The number of hydrogen-bond donors (Lipinski definition) is 2. The minimum absolute atomic E-state index is 0.213. The number of nitrogens with one attached hydrogen (secondary N) is 2. The molecular formula is C15H19F3N2O4. The smallest absolute Gasteiger partial charge is 0.421 e. The quantitative estimate of drug-likeness (QED) is 0.482. The van der Waals surface area contributed by atoms with Crippen LogP contribution in [0.2, 0.25) is 0 Å². The maximum atomic E-state index is 12.8. The van der Waals surface area contributed by atoms with Gasteiger partial charge in [0.05, 0.1) is 0 Å². The Bertz CT molecular complexity index is 675. The standard InChI is InChI=1S/C15H19F3N2O4/c1-5-19-10(13(23)24-14(2,3)4)11(21)8-6-9(15(16,17)18)12(22)20-7-8/h6-7,10,19H,5H2,1-4H3,(H,20,22). The van der Waals surface area contributed by atoms with E-state index in [9.17, 15) is 27.6 Å². The number of aromatic nitrogens is 1. The van der Waals surface area contributed by atoms with Gasteiger partial charge in [0.15, 0.2) is 11.8 Å². The molecule has 1 unspecified atom stereocenters. The van der Waals surface area contributed by atoms with Gasteiger partial charge in [0.2, 0.25) is 0 Å². The normalized spacial score (nSPS) is 13.5. The molecule has 1 heterocycles. The number of esters is 1. The topological polar surface area (TPSA) is 88.3 Å². The van der Waals surface area contributed by atoms with Gasteiger partial charge in [-0.15, -0.1) is 0 Å². The lowest BCUT2D eigenvalue weighted by Gasteiger charge is -2.23. The van der Waals surface area contributed by atoms with E-state index in [-0.39, 0.29) is 6.54 Å². The van der Waals surface area contributed by atoms with Crippen LogP contribution >= 0.6 is 0 Å². The van der Waals surface area contributed by atoms with Crippen LogP contribution in [-0.4, -0.2) is 34.9 Å². The van der Waals surface area contributed by atoms with E-state index in [1.807, 2.05) is 4.98 Å². The first-order valence-electron chi connectivity index (χ1n) is 7.17. The number of aromatic amines is 1. The fourth-order valence-corrected chi connectivity index (χ4v) is 1.85. The molecule has 0 amide bonds. The van der Waals surface area contributed by atoms with Gasteiger partial charge in [0, 0.05) is 11.8 Å². The lowest BCUT2D eigenvalue weighted by atomic mass is 10.0. The highest BCUT2D eigenvalue weighted by Gasteiger charge is 2.36. The number of H-pyrrole nitrogens is 1. The van der Waals surface area contributed by atoms with Crippen LogP contribution in [0.25, 0.3) is 0 Å². The molecule has 0 aliphatic carbocycles. The second-order valence-corrected chi connectivity index (χ2v) is 6.02. The molecule has 1 atom stereocenters. The molecule has 0 radical (unpaired) electrons. The van der Waals surface area contributed by atoms with Crippen molar-refractivity contribution in [1.82, 2.24) is 10.3 Å². The Morgan fingerprint density at radius 3 is 2.33 bits per heavy atom. The van der Waals surface area contributed by atoms with Gasteiger partial charge in [0.1, 0.15) is 11.2 Å². The van der Waals surface area contributed by atoms with E-state index in [1.54, 1.807) is 27.7 Å². The average molecular weight is 348 g/mol. The zero-order valence-corrected chi connectivity index (χ0v) is 13.7. The molecule has 0 spiro atoms. The first kappa shape index (κ1) is 19.9. The summed E-state index contributed by atoms with van der Waals surface area (Å²) in [5.41, 5.74) is -4.18. The Labute approximate surface area is 136 Å². The summed E-state index contributed by atoms with van der Waals surface area (Å²) in [5, 5.41) is 2.58. The molecule has 134 valence electrons. The van der Waals surface area contributed by atoms with Crippen molar-refractivity contribution in [1.29, 1.82) is 0 Å². The number of likely N-dealkylation sites (N-methyl/N-ethyl adjacent to an activating group) is 1. The molecule has 1 rings (SSSR count). The van der Waals surface area contributed by atoms with Crippen molar-refractivity contribution in [3.63, 3.8) is 0 Å². The lowest BCUT2D eigenvalue weighted by molar-refractivity contribution is -0.155. The third-order valence-electron chi connectivity index (χ3n) is 2.81. The first-order valence-corrected chi connectivity index (χ1v) is 7.17. The van der Waals surface area contributed by atoms with Crippen molar-refractivity contribution in [3.05, 3.63) is 33.7 Å². The molecule has 6 nitrogen and oxygen atoms in total. The summed E-state index contributed by atoms with van der Waals surface area (Å²) < 4.78 is 43.5. The minimum atomic E-state index is -4.91. The molecule has 0 saturated heterocycles. The monoisotopic (exact) mass is 348 g/mol. The van der Waals surface area contributed by atoms with Gasteiger partial charge < -0.3 is 9.72 Å². The highest BCUT2D eigenvalue weighted by atomic mass is 19.4. The van der Waals surface area contributed by atoms with Gasteiger partial charge in [-0.25, -0.2) is 4.79 Å². The summed E-state index contributed by atoms with van der Waals surface area (Å²) in [7, 11) is 0. The molecule has 1 aromatic heterocycles. The number of halogens is 3. The van der Waals surface area contributed by atoms with E-state index >= 15 is 0 Å². The number of pyridine rings is 1. The van der Waals surface area contributed by atoms with E-state index in [2.05, 4.69) is 5.32 Å². The van der Waals surface area contributed by atoms with E-state index in [4.69, 9.17) is 4.74 Å². The average Bonchev–Trinajstić information content (AvgIpc) is 2.41. The number of carbonyl (C=O) groups excluding carboxylic acids is 2. The van der Waals surface area contributed by atoms with Crippen LogP contribution in [0.5, 0.6) is 0 Å². The second-order valence-electron chi connectivity index (χ2n) is 6.02. The van der Waals surface area contributed by atoms with E-state index < -0.39 is 46.3 Å². The van der Waals surface area contributed by atoms with Gasteiger partial charge in [-0.3, -0.25) is 14.9 Å². The second kappa shape index (κ2) is 7.16. The molecule has 0 aliphatic heterocycles. The van der Waals surface area contributed by atoms with Crippen LogP contribution in [-0.2, 0) is 15.7 Å². The van der Waals surface area contributed by atoms with Crippen LogP contribution in [0.1, 0.15) is 43.6 Å². The number of ketones is 1. The molecule has 1 aromatic rings. The van der Waals surface area contributed by atoms with Crippen molar-refractivity contribution < 1.29 is 27.5 Å². The van der Waals surface area contributed by atoms with Gasteiger partial charge in [0.25, 0.3) is 5.56 Å². The number of ether oxygens (including phenoxy) is 1. The Morgan fingerprint density at radius 2 is 1.88 bits per heavy atom. The summed E-state index contributed by atoms with van der Waals surface area (Å²) in [6.45, 7) is 6.63. The van der Waals surface area contributed by atoms with Gasteiger partial charge in [-0.05, 0) is 33.4 Å². The third-order valence-corrected chi connectivity index (χ3v) is 2.81. The molecule has 24 heavy (non-hydrogen) atoms. The highest BCUT2D eigenvalue weighted by molar-refractivity contribution is 6.12. The molecule has 0 bridgehead atoms. The Balaban J connectivity index is 3.21. The Hall–Kier alpha value is -2.16. The molecule has 9 heteroatoms. The largest absolute Gasteiger partial charge is 0.458 e. The number of carbonyl (C=O) groups is 2. The lowest BCUT2D eigenvalue weighted by Crippen LogP contribution is -2.46. The van der Waals surface area contributed by atoms with Gasteiger partial charge >= 0.3 is 12.1 Å². The number of Topliss-reactive ketones (excluding diaryl/α,β-unsaturated/α-hetero) is 1. The van der Waals surface area contributed by atoms with Crippen molar-refractivity contribution in [2.75, 3.05) is 6.54 Å². The molecule has 0 aromatic carbocycles. The molecule has 0 fully saturated rings. The first-order chi connectivity index (χ1) is 10.9. The van der Waals surface area contributed by atoms with E-state index in [0.717, 1.165) is 6.20 Å². The summed E-state index contributed by atoms with van der Waals surface area (Å²) in [5.74, 6) is -1.83. The maximum absolute atomic E-state index is 12.8. The van der Waals surface area contributed by atoms with Crippen molar-refractivity contribution in [2.45, 2.75) is 45.5 Å². The summed E-state index contributed by atoms with van der Waals surface area (Å²) >= 11 is 0. The molecule has 2 N–H and O–H groups in total. The zero-order chi connectivity index (χ0) is 18.7. The van der Waals surface area contributed by atoms with Crippen molar-refractivity contribution in [3.8, 4) is 0 Å². The summed E-state index contributed by atoms with van der Waals surface area (Å²) in [6, 6.07) is -1.04. The fourth-order valence-electron chi connectivity index (χ4n) is 1.85. The molecular weight excluding hydrogens is 329 g/mol. The Kier molecular flexibility index (Phi) is 5.94. The Morgan fingerprint density at radius 1 is 1.29 bits per heavy atom. The van der Waals surface area contributed by atoms with Crippen LogP contribution in [0.15, 0.2) is 17.1 Å². The summed E-state index contributed by atoms with van der Waals surface area (Å²) in [6.07, 6.45) is -4.07. The van der Waals surface area contributed by atoms with E-state index in [1.165, 1.54) is 0 Å². The number of hydrogen-bond acceptors (Lipinski definition) is 5. The molecule has 0 saturated carbocycles. The number of rotatable bonds is 5. The molecule has 0 aliphatic rings. The predicted octanol–water partition coefficient (Wildman–Crippen LogP) is 1.90. The predicted molar refractivity (Wildman–Crippen MR) is 79.7 cm³/mol. The van der Waals surface area contributed by atoms with Crippen LogP contribution in [0.3, 0.4) is 0 Å². The van der Waals surface area contributed by atoms with E-state index in [0.29, 0.717) is 6.07 Å². The SMILES string of the molecule is CCNC(C(=O)OC(C)(C)C)C(=O)c1c[nH]c(=O)c(C(F)(F)F)c1. The fraction of sp³-hybridized carbons (Fsp3) is 0.533. The minimum Gasteiger partial charge on any atom is -0.458 e. The third kappa shape index (κ3) is 5.19. The zero-order valence-electron chi connectivity index (χ0n) is 13.7. The summed E-state index contributed by atoms with van der Waals surface area (Å²) in [4.78, 5) is 37.6. The van der Waals surface area contributed by atoms with Crippen LogP contribution in [0.4, 0.5) is 13.2 Å². The van der Waals surface area contributed by atoms with Crippen LogP contribution < -0.4 is 10.9 Å².